The summed E-state index contributed by atoms with van der Waals surface area (Å²) >= 11 is 0. The van der Waals surface area contributed by atoms with Crippen molar-refractivity contribution in [2.24, 2.45) is 10.9 Å². The molecule has 1 heterocycles. The van der Waals surface area contributed by atoms with E-state index in [-0.39, 0.29) is 0 Å². The molecule has 0 aromatic rings. The van der Waals surface area contributed by atoms with Crippen LogP contribution in [0.3, 0.4) is 0 Å². The molecule has 0 aromatic carbocycles. The average molecular weight is 185 g/mol. The molecular weight excluding hydrogens is 174 g/mol. The molecule has 1 aliphatic rings. The van der Waals surface area contributed by atoms with Crippen molar-refractivity contribution < 1.29 is 14.8 Å². The Labute approximate surface area is 75.2 Å². The predicted octanol–water partition coefficient (Wildman–Crippen LogP) is 0.0888. The van der Waals surface area contributed by atoms with Crippen molar-refractivity contribution in [2.75, 3.05) is 13.1 Å². The number of hydroxylamine groups is 2. The van der Waals surface area contributed by atoms with Crippen molar-refractivity contribution in [1.82, 2.24) is 5.06 Å². The van der Waals surface area contributed by atoms with Crippen LogP contribution in [0.4, 0.5) is 4.79 Å². The van der Waals surface area contributed by atoms with E-state index in [9.17, 15) is 4.79 Å². The summed E-state index contributed by atoms with van der Waals surface area (Å²) in [5, 5.41) is 12.6. The van der Waals surface area contributed by atoms with Crippen molar-refractivity contribution in [3.8, 4) is 0 Å². The van der Waals surface area contributed by atoms with Crippen molar-refractivity contribution in [2.45, 2.75) is 6.42 Å². The largest absolute Gasteiger partial charge is 0.423 e. The molecule has 0 atom stereocenters. The van der Waals surface area contributed by atoms with E-state index in [1.54, 1.807) is 0 Å². The number of nitrogens with zero attached hydrogens (tertiary/aromatic N) is 2. The van der Waals surface area contributed by atoms with E-state index in [1.807, 2.05) is 6.08 Å². The van der Waals surface area contributed by atoms with Gasteiger partial charge in [0.25, 0.3) is 0 Å². The Morgan fingerprint density at radius 1 is 1.85 bits per heavy atom. The molecule has 0 saturated carbocycles. The van der Waals surface area contributed by atoms with Gasteiger partial charge in [-0.2, -0.15) is 0 Å². The lowest BCUT2D eigenvalue weighted by Gasteiger charge is -2.22. The molecule has 13 heavy (non-hydrogen) atoms. The van der Waals surface area contributed by atoms with Gasteiger partial charge in [-0.15, -0.1) is 5.06 Å². The van der Waals surface area contributed by atoms with E-state index in [4.69, 9.17) is 10.9 Å². The van der Waals surface area contributed by atoms with Crippen LogP contribution in [-0.2, 0) is 4.84 Å². The van der Waals surface area contributed by atoms with Gasteiger partial charge in [0, 0.05) is 6.54 Å². The monoisotopic (exact) mass is 185 g/mol. The maximum atomic E-state index is 10.4. The molecule has 0 fully saturated rings. The van der Waals surface area contributed by atoms with Crippen LogP contribution in [0.5, 0.6) is 0 Å². The summed E-state index contributed by atoms with van der Waals surface area (Å²) < 4.78 is 0. The van der Waals surface area contributed by atoms with Gasteiger partial charge in [-0.3, -0.25) is 0 Å². The van der Waals surface area contributed by atoms with Crippen molar-refractivity contribution in [3.63, 3.8) is 0 Å². The molecule has 0 radical (unpaired) electrons. The Morgan fingerprint density at radius 2 is 2.62 bits per heavy atom. The molecule has 0 saturated heterocycles. The molecule has 0 spiro atoms. The third-order valence-corrected chi connectivity index (χ3v) is 1.59. The number of primary amides is 1. The summed E-state index contributed by atoms with van der Waals surface area (Å²) in [4.78, 5) is 15.0. The van der Waals surface area contributed by atoms with Crippen LogP contribution >= 0.6 is 0 Å². The highest BCUT2D eigenvalue weighted by atomic mass is 16.7. The minimum Gasteiger partial charge on any atom is -0.411 e. The van der Waals surface area contributed by atoms with E-state index in [1.165, 1.54) is 11.3 Å². The Morgan fingerprint density at radius 3 is 3.23 bits per heavy atom. The molecule has 72 valence electrons. The van der Waals surface area contributed by atoms with Crippen molar-refractivity contribution >= 4 is 12.3 Å². The molecule has 0 bridgehead atoms. The molecule has 3 N–H and O–H groups in total. The van der Waals surface area contributed by atoms with Crippen LogP contribution in [0.15, 0.2) is 16.8 Å². The van der Waals surface area contributed by atoms with Crippen LogP contribution in [0.25, 0.3) is 0 Å². The van der Waals surface area contributed by atoms with Gasteiger partial charge in [0.15, 0.2) is 0 Å². The first-order valence-corrected chi connectivity index (χ1v) is 3.81. The van der Waals surface area contributed by atoms with E-state index in [0.717, 1.165) is 12.0 Å². The number of rotatable bonds is 2. The Hall–Kier alpha value is -1.56. The van der Waals surface area contributed by atoms with Gasteiger partial charge in [0.1, 0.15) is 0 Å². The van der Waals surface area contributed by atoms with Gasteiger partial charge in [-0.1, -0.05) is 11.2 Å². The van der Waals surface area contributed by atoms with E-state index in [0.29, 0.717) is 13.1 Å². The molecule has 6 nitrogen and oxygen atoms in total. The first-order chi connectivity index (χ1) is 6.22. The first-order valence-electron chi connectivity index (χ1n) is 3.81. The highest BCUT2D eigenvalue weighted by Crippen LogP contribution is 2.07. The standard InChI is InChI=1S/C7H11N3O3/c8-7(11)13-10-3-1-2-6(5-10)4-9-12/h2,4,12H,1,3,5H2,(H2,8,11). The van der Waals surface area contributed by atoms with Gasteiger partial charge in [-0.05, 0) is 12.0 Å². The smallest absolute Gasteiger partial charge is 0.411 e. The third-order valence-electron chi connectivity index (χ3n) is 1.59. The van der Waals surface area contributed by atoms with Crippen LogP contribution in [0, 0.1) is 0 Å². The van der Waals surface area contributed by atoms with E-state index >= 15 is 0 Å². The van der Waals surface area contributed by atoms with Gasteiger partial charge in [0.2, 0.25) is 0 Å². The lowest BCUT2D eigenvalue weighted by molar-refractivity contribution is -0.0893. The highest BCUT2D eigenvalue weighted by Gasteiger charge is 2.14. The van der Waals surface area contributed by atoms with Gasteiger partial charge in [-0.25, -0.2) is 4.79 Å². The first kappa shape index (κ1) is 9.53. The van der Waals surface area contributed by atoms with Crippen LogP contribution < -0.4 is 5.73 Å². The number of oxime groups is 1. The average Bonchev–Trinajstić information content (AvgIpc) is 2.04. The third kappa shape index (κ3) is 3.12. The van der Waals surface area contributed by atoms with Crippen molar-refractivity contribution in [3.05, 3.63) is 11.6 Å². The Balaban J connectivity index is 2.47. The maximum Gasteiger partial charge on any atom is 0.423 e. The second kappa shape index (κ2) is 4.46. The molecule has 0 aromatic heterocycles. The van der Waals surface area contributed by atoms with Gasteiger partial charge in [0.05, 0.1) is 12.8 Å². The van der Waals surface area contributed by atoms with Gasteiger partial charge < -0.3 is 15.8 Å². The fourth-order valence-corrected chi connectivity index (χ4v) is 1.11. The van der Waals surface area contributed by atoms with Gasteiger partial charge >= 0.3 is 6.09 Å². The fraction of sp³-hybridized carbons (Fsp3) is 0.429. The summed E-state index contributed by atoms with van der Waals surface area (Å²) in [5.41, 5.74) is 5.62. The molecule has 0 unspecified atom stereocenters. The van der Waals surface area contributed by atoms with E-state index in [2.05, 4.69) is 9.99 Å². The quantitative estimate of drug-likeness (QED) is 0.362. The number of nitrogens with two attached hydrogens (primary N) is 1. The molecular formula is C7H11N3O3. The number of hydrogen-bond acceptors (Lipinski definition) is 5. The summed E-state index contributed by atoms with van der Waals surface area (Å²) in [6, 6.07) is 0. The molecule has 1 amide bonds. The summed E-state index contributed by atoms with van der Waals surface area (Å²) in [5.74, 6) is 0. The van der Waals surface area contributed by atoms with Crippen LogP contribution in [0.2, 0.25) is 0 Å². The zero-order valence-electron chi connectivity index (χ0n) is 7.01. The maximum absolute atomic E-state index is 10.4. The number of hydrogen-bond donors (Lipinski definition) is 2. The molecule has 1 aliphatic heterocycles. The normalized spacial score (nSPS) is 18.6. The summed E-state index contributed by atoms with van der Waals surface area (Å²) in [6.07, 6.45) is 3.10. The minimum absolute atomic E-state index is 0.396. The number of carbonyl (C=O) groups excluding carboxylic acids is 1. The van der Waals surface area contributed by atoms with E-state index < -0.39 is 6.09 Å². The van der Waals surface area contributed by atoms with Crippen molar-refractivity contribution in [1.29, 1.82) is 0 Å². The topological polar surface area (TPSA) is 88.2 Å². The lowest BCUT2D eigenvalue weighted by atomic mass is 10.2. The Kier molecular flexibility index (Phi) is 3.27. The second-order valence-electron chi connectivity index (χ2n) is 2.59. The predicted molar refractivity (Wildman–Crippen MR) is 45.2 cm³/mol. The fourth-order valence-electron chi connectivity index (χ4n) is 1.11. The summed E-state index contributed by atoms with van der Waals surface area (Å²) in [6.45, 7) is 0.999. The second-order valence-corrected chi connectivity index (χ2v) is 2.59. The SMILES string of the molecule is NC(=O)ON1CCC=C(C=NO)C1. The summed E-state index contributed by atoms with van der Waals surface area (Å²) in [7, 11) is 0. The van der Waals surface area contributed by atoms with Crippen LogP contribution in [0.1, 0.15) is 6.42 Å². The zero-order chi connectivity index (χ0) is 9.68. The number of amides is 1. The Bertz CT molecular complexity index is 249. The molecule has 6 heteroatoms. The number of carbonyl (C=O) groups is 1. The van der Waals surface area contributed by atoms with Crippen LogP contribution in [-0.4, -0.2) is 35.7 Å². The zero-order valence-corrected chi connectivity index (χ0v) is 7.01. The molecule has 1 rings (SSSR count). The lowest BCUT2D eigenvalue weighted by Crippen LogP contribution is -2.34. The minimum atomic E-state index is -0.831. The molecule has 0 aliphatic carbocycles. The highest BCUT2D eigenvalue weighted by molar-refractivity contribution is 5.78.